The highest BCUT2D eigenvalue weighted by Crippen LogP contribution is 2.32. The fraction of sp³-hybridized carbons (Fsp3) is 0.0964. The van der Waals surface area contributed by atoms with Gasteiger partial charge in [0.25, 0.3) is 0 Å². The third kappa shape index (κ3) is 15.8. The molecule has 6 nitrogen and oxygen atoms in total. The van der Waals surface area contributed by atoms with E-state index < -0.39 is 18.3 Å². The molecule has 0 spiro atoms. The highest BCUT2D eigenvalue weighted by Gasteiger charge is 2.25. The molecule has 0 saturated carbocycles. The monoisotopic (exact) mass is 1160 g/mol. The molecule has 0 N–H and O–H groups in total. The Morgan fingerprint density at radius 3 is 0.551 bits per heavy atom. The van der Waals surface area contributed by atoms with E-state index in [1.807, 2.05) is 218 Å². The molecule has 0 saturated heterocycles. The Morgan fingerprint density at radius 2 is 0.371 bits per heavy atom. The minimum atomic E-state index is -0.625. The van der Waals surface area contributed by atoms with E-state index in [9.17, 15) is 14.4 Å². The number of carbonyl (C=O) groups excluding carboxylic acids is 3. The molecule has 6 heteroatoms. The van der Waals surface area contributed by atoms with Crippen molar-refractivity contribution in [2.75, 3.05) is 21.3 Å². The predicted molar refractivity (Wildman–Crippen MR) is 363 cm³/mol. The number of benzene rings is 12. The highest BCUT2D eigenvalue weighted by molar-refractivity contribution is 6.02. The van der Waals surface area contributed by atoms with E-state index in [-0.39, 0.29) is 17.3 Å². The normalized spacial score (nSPS) is 11.8. The number of ketones is 3. The summed E-state index contributed by atoms with van der Waals surface area (Å²) in [5.41, 5.74) is 20.4. The molecular formula is C83H70O6. The van der Waals surface area contributed by atoms with Crippen LogP contribution in [0.2, 0.25) is 0 Å². The van der Waals surface area contributed by atoms with E-state index in [2.05, 4.69) is 111 Å². The molecule has 0 fully saturated rings. The average molecular weight is 1160 g/mol. The second-order valence-electron chi connectivity index (χ2n) is 21.7. The van der Waals surface area contributed by atoms with Gasteiger partial charge < -0.3 is 14.2 Å². The SMILES string of the molecule is COC(C(=O)c1ccc(-c2ccc(C)cc2)cc1)c1ccc(-c2ccccc2)cc1.COC(C(=O)c1ccc(-c2ccccc2)cc1)c1ccc(-c2ccc(C)cc2)cc1.COC(C(=O)c1ccc(-c2ccccc2)cc1)c1ccc(-c2ccccc2)cc1. The van der Waals surface area contributed by atoms with Gasteiger partial charge in [0, 0.05) is 38.0 Å². The van der Waals surface area contributed by atoms with Gasteiger partial charge >= 0.3 is 0 Å². The minimum absolute atomic E-state index is 0.0413. The third-order valence-electron chi connectivity index (χ3n) is 15.8. The molecule has 12 aromatic rings. The summed E-state index contributed by atoms with van der Waals surface area (Å²) >= 11 is 0. The van der Waals surface area contributed by atoms with Gasteiger partial charge in [-0.05, 0) is 97.3 Å². The van der Waals surface area contributed by atoms with Crippen molar-refractivity contribution in [1.82, 2.24) is 0 Å². The molecule has 12 rings (SSSR count). The van der Waals surface area contributed by atoms with Crippen LogP contribution in [0, 0.1) is 13.8 Å². The molecule has 89 heavy (non-hydrogen) atoms. The number of hydrogen-bond donors (Lipinski definition) is 0. The Balaban J connectivity index is 0.000000147. The molecule has 12 aromatic carbocycles. The first kappa shape index (κ1) is 61.6. The second kappa shape index (κ2) is 30.2. The van der Waals surface area contributed by atoms with Crippen molar-refractivity contribution in [3.8, 4) is 66.8 Å². The topological polar surface area (TPSA) is 78.9 Å². The average Bonchev–Trinajstić information content (AvgIpc) is 3.79. The number of methoxy groups -OCH3 is 3. The molecule has 0 aromatic heterocycles. The van der Waals surface area contributed by atoms with Crippen LogP contribution in [0.1, 0.15) is 77.2 Å². The Labute approximate surface area is 523 Å². The maximum Gasteiger partial charge on any atom is 0.196 e. The van der Waals surface area contributed by atoms with Crippen molar-refractivity contribution >= 4 is 17.3 Å². The Morgan fingerprint density at radius 1 is 0.213 bits per heavy atom. The van der Waals surface area contributed by atoms with E-state index >= 15 is 0 Å². The van der Waals surface area contributed by atoms with Crippen LogP contribution in [0.15, 0.2) is 315 Å². The molecular weight excluding hydrogens is 1090 g/mol. The summed E-state index contributed by atoms with van der Waals surface area (Å²) in [5.74, 6) is -0.125. The van der Waals surface area contributed by atoms with Crippen molar-refractivity contribution in [3.63, 3.8) is 0 Å². The molecule has 3 unspecified atom stereocenters. The summed E-state index contributed by atoms with van der Waals surface area (Å²) in [7, 11) is 4.73. The smallest absolute Gasteiger partial charge is 0.196 e. The first-order chi connectivity index (χ1) is 43.6. The van der Waals surface area contributed by atoms with E-state index in [0.717, 1.165) is 83.5 Å². The number of ether oxygens (including phenoxy) is 3. The predicted octanol–water partition coefficient (Wildman–Crippen LogP) is 20.4. The lowest BCUT2D eigenvalue weighted by atomic mass is 9.95. The van der Waals surface area contributed by atoms with Crippen LogP contribution in [0.5, 0.6) is 0 Å². The molecule has 0 aliphatic heterocycles. The highest BCUT2D eigenvalue weighted by atomic mass is 16.5. The van der Waals surface area contributed by atoms with Crippen molar-refractivity contribution in [3.05, 3.63) is 360 Å². The largest absolute Gasteiger partial charge is 0.369 e. The van der Waals surface area contributed by atoms with Gasteiger partial charge in [-0.2, -0.15) is 0 Å². The second-order valence-corrected chi connectivity index (χ2v) is 21.7. The van der Waals surface area contributed by atoms with Crippen LogP contribution in [-0.2, 0) is 14.2 Å². The number of aryl methyl sites for hydroxylation is 2. The molecule has 438 valence electrons. The molecule has 0 bridgehead atoms. The Hall–Kier alpha value is -10.5. The lowest BCUT2D eigenvalue weighted by molar-refractivity contribution is 0.0600. The van der Waals surface area contributed by atoms with Crippen molar-refractivity contribution < 1.29 is 28.6 Å². The van der Waals surface area contributed by atoms with Crippen molar-refractivity contribution in [2.24, 2.45) is 0 Å². The van der Waals surface area contributed by atoms with Gasteiger partial charge in [-0.1, -0.05) is 327 Å². The number of hydrogen-bond acceptors (Lipinski definition) is 6. The molecule has 3 atom stereocenters. The lowest BCUT2D eigenvalue weighted by Gasteiger charge is -2.16. The maximum absolute atomic E-state index is 13.1. The van der Waals surface area contributed by atoms with Crippen LogP contribution < -0.4 is 0 Å². The molecule has 0 aliphatic carbocycles. The summed E-state index contributed by atoms with van der Waals surface area (Å²) in [6.45, 7) is 4.15. The standard InChI is InChI=1S/2C28H24O2.C27H22O2/c1-20-8-10-22(11-9-20)24-12-16-25(17-13-24)27(29)28(30-2)26-18-14-23(15-19-26)21-6-4-3-5-7-21;1-20-8-10-22(11-9-20)24-14-18-26(19-15-24)28(30-2)27(29)25-16-12-23(13-17-25)21-6-4-3-5-7-21;1-29-27(25-18-14-23(15-19-25)21-10-6-3-7-11-21)26(28)24-16-12-22(13-17-24)20-8-4-2-5-9-20/h2*3-19,28H,1-2H3;2-19,27H,1H3. The van der Waals surface area contributed by atoms with E-state index in [0.29, 0.717) is 16.7 Å². The summed E-state index contributed by atoms with van der Waals surface area (Å²) in [5, 5.41) is 0. The fourth-order valence-electron chi connectivity index (χ4n) is 10.7. The van der Waals surface area contributed by atoms with Crippen LogP contribution in [0.3, 0.4) is 0 Å². The van der Waals surface area contributed by atoms with Gasteiger partial charge in [0.1, 0.15) is 18.3 Å². The summed E-state index contributed by atoms with van der Waals surface area (Å²) in [6.07, 6.45) is -1.87. The van der Waals surface area contributed by atoms with Crippen LogP contribution in [0.25, 0.3) is 66.8 Å². The zero-order chi connectivity index (χ0) is 61.9. The molecule has 0 heterocycles. The number of Topliss-reactive ketones (excluding diaryl/α,β-unsaturated/α-hetero) is 3. The quantitative estimate of drug-likeness (QED) is 0.0797. The summed E-state index contributed by atoms with van der Waals surface area (Å²) in [6, 6.07) is 105. The van der Waals surface area contributed by atoms with Crippen LogP contribution in [0.4, 0.5) is 0 Å². The van der Waals surface area contributed by atoms with Crippen molar-refractivity contribution in [2.45, 2.75) is 32.2 Å². The van der Waals surface area contributed by atoms with Gasteiger partial charge in [-0.25, -0.2) is 0 Å². The Bertz CT molecular complexity index is 4170. The van der Waals surface area contributed by atoms with Crippen molar-refractivity contribution in [1.29, 1.82) is 0 Å². The van der Waals surface area contributed by atoms with Gasteiger partial charge in [0.05, 0.1) is 0 Å². The number of carbonyl (C=O) groups is 3. The fourth-order valence-corrected chi connectivity index (χ4v) is 10.7. The molecule has 0 amide bonds. The number of rotatable bonds is 18. The van der Waals surface area contributed by atoms with E-state index in [4.69, 9.17) is 14.2 Å². The first-order valence-corrected chi connectivity index (χ1v) is 29.7. The molecule has 0 radical (unpaired) electrons. The summed E-state index contributed by atoms with van der Waals surface area (Å²) < 4.78 is 16.7. The zero-order valence-corrected chi connectivity index (χ0v) is 50.7. The minimum Gasteiger partial charge on any atom is -0.369 e. The van der Waals surface area contributed by atoms with Gasteiger partial charge in [-0.3, -0.25) is 14.4 Å². The van der Waals surface area contributed by atoms with Gasteiger partial charge in [0.2, 0.25) is 0 Å². The maximum atomic E-state index is 13.1. The van der Waals surface area contributed by atoms with E-state index in [1.54, 1.807) is 21.3 Å². The van der Waals surface area contributed by atoms with Crippen LogP contribution in [-0.4, -0.2) is 38.7 Å². The van der Waals surface area contributed by atoms with Gasteiger partial charge in [0.15, 0.2) is 17.3 Å². The third-order valence-corrected chi connectivity index (χ3v) is 15.8. The summed E-state index contributed by atoms with van der Waals surface area (Å²) in [4.78, 5) is 39.2. The Kier molecular flexibility index (Phi) is 20.9. The van der Waals surface area contributed by atoms with Crippen LogP contribution >= 0.6 is 0 Å². The first-order valence-electron chi connectivity index (χ1n) is 29.7. The van der Waals surface area contributed by atoms with Gasteiger partial charge in [-0.15, -0.1) is 0 Å². The zero-order valence-electron chi connectivity index (χ0n) is 50.7. The molecule has 0 aliphatic rings. The lowest BCUT2D eigenvalue weighted by Crippen LogP contribution is -2.14. The van der Waals surface area contributed by atoms with E-state index in [1.165, 1.54) is 11.1 Å².